The number of hydrogen-bond acceptors (Lipinski definition) is 8. The average Bonchev–Trinajstić information content (AvgIpc) is 2.82. The van der Waals surface area contributed by atoms with Gasteiger partial charge in [-0.3, -0.25) is 9.59 Å². The molecule has 1 aliphatic carbocycles. The van der Waals surface area contributed by atoms with E-state index in [9.17, 15) is 14.4 Å². The van der Waals surface area contributed by atoms with E-state index in [0.717, 1.165) is 0 Å². The van der Waals surface area contributed by atoms with Crippen LogP contribution in [-0.2, 0) is 23.9 Å². The molecule has 2 aliphatic rings. The van der Waals surface area contributed by atoms with E-state index in [1.165, 1.54) is 14.2 Å². The predicted molar refractivity (Wildman–Crippen MR) is 125 cm³/mol. The predicted octanol–water partition coefficient (Wildman–Crippen LogP) is 3.66. The molecule has 34 heavy (non-hydrogen) atoms. The Morgan fingerprint density at radius 3 is 2.47 bits per heavy atom. The van der Waals surface area contributed by atoms with Crippen LogP contribution >= 0.6 is 0 Å². The number of methoxy groups -OCH3 is 3. The third-order valence-electron chi connectivity index (χ3n) is 6.59. The zero-order chi connectivity index (χ0) is 25.2. The average molecular weight is 472 g/mol. The van der Waals surface area contributed by atoms with Gasteiger partial charge in [0.2, 0.25) is 0 Å². The van der Waals surface area contributed by atoms with Crippen molar-refractivity contribution in [1.82, 2.24) is 5.32 Å². The van der Waals surface area contributed by atoms with Crippen molar-refractivity contribution >= 4 is 17.7 Å². The summed E-state index contributed by atoms with van der Waals surface area (Å²) in [6.07, 6.45) is 0.795. The van der Waals surface area contributed by atoms with Gasteiger partial charge in [0.25, 0.3) is 0 Å². The van der Waals surface area contributed by atoms with Gasteiger partial charge in [-0.1, -0.05) is 13.8 Å². The summed E-state index contributed by atoms with van der Waals surface area (Å²) in [5.74, 6) is -2.48. The normalized spacial score (nSPS) is 23.0. The molecular weight excluding hydrogens is 438 g/mol. The second-order valence-corrected chi connectivity index (χ2v) is 8.77. The molecule has 1 aliphatic heterocycles. The number of dihydropyridines is 1. The highest BCUT2D eigenvalue weighted by molar-refractivity contribution is 6.12. The van der Waals surface area contributed by atoms with Gasteiger partial charge in [0.05, 0.1) is 38.9 Å². The SMILES string of the molecule is CC[C@@H](C)OC(=O)C1=C(C)NC2=C(C(=O)[C@@H](C(=O)OC)[C@@H](C)C2)[C@@H]1c1cc(OC)ccc1OC. The number of rotatable bonds is 7. The molecule has 0 saturated heterocycles. The van der Waals surface area contributed by atoms with Gasteiger partial charge in [0.15, 0.2) is 5.78 Å². The number of carbonyl (C=O) groups is 3. The highest BCUT2D eigenvalue weighted by Crippen LogP contribution is 2.48. The third kappa shape index (κ3) is 4.54. The van der Waals surface area contributed by atoms with Crippen LogP contribution in [0.3, 0.4) is 0 Å². The maximum Gasteiger partial charge on any atom is 0.337 e. The van der Waals surface area contributed by atoms with E-state index >= 15 is 0 Å². The van der Waals surface area contributed by atoms with Gasteiger partial charge in [-0.2, -0.15) is 0 Å². The summed E-state index contributed by atoms with van der Waals surface area (Å²) in [5, 5.41) is 3.26. The van der Waals surface area contributed by atoms with Crippen molar-refractivity contribution in [3.63, 3.8) is 0 Å². The minimum Gasteiger partial charge on any atom is -0.497 e. The summed E-state index contributed by atoms with van der Waals surface area (Å²) in [4.78, 5) is 39.8. The Morgan fingerprint density at radius 1 is 1.18 bits per heavy atom. The van der Waals surface area contributed by atoms with Crippen LogP contribution in [0.2, 0.25) is 0 Å². The number of carbonyl (C=O) groups excluding carboxylic acids is 3. The minimum atomic E-state index is -0.963. The van der Waals surface area contributed by atoms with Crippen LogP contribution < -0.4 is 14.8 Å². The fraction of sp³-hybridized carbons (Fsp3) is 0.500. The van der Waals surface area contributed by atoms with Crippen molar-refractivity contribution in [1.29, 1.82) is 0 Å². The number of esters is 2. The van der Waals surface area contributed by atoms with Crippen LogP contribution in [-0.4, -0.2) is 45.2 Å². The quantitative estimate of drug-likeness (QED) is 0.475. The Kier molecular flexibility index (Phi) is 7.69. The fourth-order valence-electron chi connectivity index (χ4n) is 4.66. The first kappa shape index (κ1) is 25.3. The van der Waals surface area contributed by atoms with Gasteiger partial charge in [-0.15, -0.1) is 0 Å². The van der Waals surface area contributed by atoms with E-state index in [1.807, 2.05) is 20.8 Å². The van der Waals surface area contributed by atoms with Gasteiger partial charge in [0, 0.05) is 22.5 Å². The third-order valence-corrected chi connectivity index (χ3v) is 6.59. The molecule has 0 unspecified atom stereocenters. The molecule has 4 atom stereocenters. The number of Topliss-reactive ketones (excluding diaryl/α,β-unsaturated/α-hetero) is 1. The maximum absolute atomic E-state index is 13.8. The van der Waals surface area contributed by atoms with Crippen molar-refractivity contribution in [3.8, 4) is 11.5 Å². The van der Waals surface area contributed by atoms with Crippen molar-refractivity contribution in [2.45, 2.75) is 52.6 Å². The van der Waals surface area contributed by atoms with Gasteiger partial charge < -0.3 is 24.3 Å². The molecule has 0 amide bonds. The van der Waals surface area contributed by atoms with E-state index in [-0.39, 0.29) is 17.8 Å². The topological polar surface area (TPSA) is 100 Å². The standard InChI is InChI=1S/C26H33NO7/c1-8-14(3)34-26(30)21-15(4)27-18-11-13(2)20(25(29)33-7)24(28)23(18)22(21)17-12-16(31-5)9-10-19(17)32-6/h9-10,12-14,20,22,27H,8,11H2,1-7H3/t13-,14+,20-,22+/m0/s1. The molecular formula is C26H33NO7. The zero-order valence-corrected chi connectivity index (χ0v) is 20.8. The molecule has 1 heterocycles. The molecule has 0 fully saturated rings. The van der Waals surface area contributed by atoms with Gasteiger partial charge >= 0.3 is 11.9 Å². The van der Waals surface area contributed by atoms with E-state index in [4.69, 9.17) is 18.9 Å². The van der Waals surface area contributed by atoms with Gasteiger partial charge in [-0.05, 0) is 50.8 Å². The molecule has 1 aromatic rings. The summed E-state index contributed by atoms with van der Waals surface area (Å²) in [6, 6.07) is 5.23. The summed E-state index contributed by atoms with van der Waals surface area (Å²) in [5.41, 5.74) is 2.51. The van der Waals surface area contributed by atoms with Crippen molar-refractivity contribution in [2.24, 2.45) is 11.8 Å². The zero-order valence-electron chi connectivity index (χ0n) is 20.8. The number of benzene rings is 1. The van der Waals surface area contributed by atoms with E-state index in [0.29, 0.717) is 52.4 Å². The number of hydrogen-bond donors (Lipinski definition) is 1. The fourth-order valence-corrected chi connectivity index (χ4v) is 4.66. The number of nitrogens with one attached hydrogen (secondary N) is 1. The molecule has 3 rings (SSSR count). The molecule has 8 heteroatoms. The van der Waals surface area contributed by atoms with Crippen molar-refractivity contribution in [3.05, 3.63) is 46.3 Å². The molecule has 0 saturated carbocycles. The first-order valence-electron chi connectivity index (χ1n) is 11.4. The Labute approximate surface area is 200 Å². The lowest BCUT2D eigenvalue weighted by molar-refractivity contribution is -0.151. The lowest BCUT2D eigenvalue weighted by Crippen LogP contribution is -2.43. The molecule has 0 radical (unpaired) electrons. The highest BCUT2D eigenvalue weighted by atomic mass is 16.5. The second-order valence-electron chi connectivity index (χ2n) is 8.77. The van der Waals surface area contributed by atoms with Crippen LogP contribution in [0.15, 0.2) is 40.7 Å². The minimum absolute atomic E-state index is 0.263. The summed E-state index contributed by atoms with van der Waals surface area (Å²) in [7, 11) is 4.34. The lowest BCUT2D eigenvalue weighted by Gasteiger charge is -2.38. The first-order chi connectivity index (χ1) is 16.2. The molecule has 0 spiro atoms. The second kappa shape index (κ2) is 10.3. The highest BCUT2D eigenvalue weighted by Gasteiger charge is 2.48. The Morgan fingerprint density at radius 2 is 1.88 bits per heavy atom. The largest absolute Gasteiger partial charge is 0.497 e. The van der Waals surface area contributed by atoms with Gasteiger partial charge in [-0.25, -0.2) is 4.79 Å². The molecule has 184 valence electrons. The number of ketones is 1. The van der Waals surface area contributed by atoms with Crippen molar-refractivity contribution in [2.75, 3.05) is 21.3 Å². The molecule has 0 bridgehead atoms. The van der Waals surface area contributed by atoms with Crippen LogP contribution in [0.4, 0.5) is 0 Å². The van der Waals surface area contributed by atoms with E-state index in [2.05, 4.69) is 5.32 Å². The van der Waals surface area contributed by atoms with Crippen LogP contribution in [0.5, 0.6) is 11.5 Å². The van der Waals surface area contributed by atoms with Gasteiger partial charge in [0.1, 0.15) is 17.4 Å². The maximum atomic E-state index is 13.8. The number of allylic oxidation sites excluding steroid dienone is 3. The van der Waals surface area contributed by atoms with Crippen LogP contribution in [0, 0.1) is 11.8 Å². The summed E-state index contributed by atoms with van der Waals surface area (Å²) >= 11 is 0. The molecule has 8 nitrogen and oxygen atoms in total. The van der Waals surface area contributed by atoms with Crippen LogP contribution in [0.25, 0.3) is 0 Å². The number of ether oxygens (including phenoxy) is 4. The van der Waals surface area contributed by atoms with E-state index < -0.39 is 23.8 Å². The summed E-state index contributed by atoms with van der Waals surface area (Å²) < 4.78 is 21.7. The monoisotopic (exact) mass is 471 g/mol. The molecule has 1 aromatic carbocycles. The Bertz CT molecular complexity index is 1060. The Balaban J connectivity index is 2.26. The Hall–Kier alpha value is -3.29. The smallest absolute Gasteiger partial charge is 0.337 e. The lowest BCUT2D eigenvalue weighted by atomic mass is 9.69. The first-order valence-corrected chi connectivity index (χ1v) is 11.4. The molecule has 1 N–H and O–H groups in total. The van der Waals surface area contributed by atoms with E-state index in [1.54, 1.807) is 32.2 Å². The summed E-state index contributed by atoms with van der Waals surface area (Å²) in [6.45, 7) is 7.38. The van der Waals surface area contributed by atoms with Crippen molar-refractivity contribution < 1.29 is 33.3 Å². The molecule has 0 aromatic heterocycles. The van der Waals surface area contributed by atoms with Crippen LogP contribution in [0.1, 0.15) is 52.0 Å².